The molecule has 1 heterocycles. The molecule has 7 nitrogen and oxygen atoms in total. The molecule has 3 N–H and O–H groups in total. The SMILES string of the molecule is CC(C)(C)OC(=O)N[C@H](C(=O)C1C[C@H](O)C[C@H]1c1ncc(-c2ccccc2C(F)(F)F)[nH]1)C(C)(C)C. The van der Waals surface area contributed by atoms with Crippen molar-refractivity contribution in [3.05, 3.63) is 41.9 Å². The highest BCUT2D eigenvalue weighted by Crippen LogP contribution is 2.43. The number of rotatable bonds is 5. The van der Waals surface area contributed by atoms with Crippen LogP contribution in [0.5, 0.6) is 0 Å². The molecule has 4 atom stereocenters. The first-order chi connectivity index (χ1) is 16.5. The average molecular weight is 510 g/mol. The molecule has 0 radical (unpaired) electrons. The molecule has 0 spiro atoms. The lowest BCUT2D eigenvalue weighted by Crippen LogP contribution is -2.52. The second-order valence-electron chi connectivity index (χ2n) is 11.4. The van der Waals surface area contributed by atoms with E-state index < -0.39 is 52.8 Å². The number of hydrogen-bond donors (Lipinski definition) is 3. The van der Waals surface area contributed by atoms with E-state index in [0.29, 0.717) is 5.82 Å². The van der Waals surface area contributed by atoms with Crippen molar-refractivity contribution in [2.75, 3.05) is 0 Å². The van der Waals surface area contributed by atoms with Crippen LogP contribution in [0.3, 0.4) is 0 Å². The maximum atomic E-state index is 13.7. The van der Waals surface area contributed by atoms with E-state index in [2.05, 4.69) is 15.3 Å². The summed E-state index contributed by atoms with van der Waals surface area (Å²) in [6.45, 7) is 10.6. The Kier molecular flexibility index (Phi) is 7.60. The highest BCUT2D eigenvalue weighted by atomic mass is 19.4. The lowest BCUT2D eigenvalue weighted by Gasteiger charge is -2.34. The summed E-state index contributed by atoms with van der Waals surface area (Å²) in [4.78, 5) is 33.4. The van der Waals surface area contributed by atoms with Crippen molar-refractivity contribution < 1.29 is 32.6 Å². The number of amides is 1. The third-order valence-electron chi connectivity index (χ3n) is 6.18. The molecular formula is C26H34F3N3O4. The molecule has 1 saturated carbocycles. The molecule has 1 aliphatic carbocycles. The number of ketones is 1. The van der Waals surface area contributed by atoms with Crippen LogP contribution in [0, 0.1) is 11.3 Å². The summed E-state index contributed by atoms with van der Waals surface area (Å²) in [5.74, 6) is -1.22. The van der Waals surface area contributed by atoms with Crippen molar-refractivity contribution in [1.29, 1.82) is 0 Å². The van der Waals surface area contributed by atoms with Gasteiger partial charge >= 0.3 is 12.3 Å². The van der Waals surface area contributed by atoms with Crippen LogP contribution >= 0.6 is 0 Å². The quantitative estimate of drug-likeness (QED) is 0.497. The first-order valence-corrected chi connectivity index (χ1v) is 11.9. The van der Waals surface area contributed by atoms with Gasteiger partial charge in [0, 0.05) is 17.4 Å². The van der Waals surface area contributed by atoms with E-state index in [-0.39, 0.29) is 29.9 Å². The molecule has 0 saturated heterocycles. The number of aliphatic hydroxyl groups is 1. The van der Waals surface area contributed by atoms with Crippen molar-refractivity contribution in [2.45, 2.75) is 84.2 Å². The number of nitrogens with one attached hydrogen (secondary N) is 2. The number of H-pyrrole nitrogens is 1. The van der Waals surface area contributed by atoms with Gasteiger partial charge in [0.2, 0.25) is 0 Å². The third-order valence-corrected chi connectivity index (χ3v) is 6.18. The van der Waals surface area contributed by atoms with Gasteiger partial charge in [-0.2, -0.15) is 13.2 Å². The second kappa shape index (κ2) is 9.88. The number of ether oxygens (including phenoxy) is 1. The van der Waals surface area contributed by atoms with Gasteiger partial charge in [-0.25, -0.2) is 9.78 Å². The van der Waals surface area contributed by atoms with Crippen LogP contribution in [0.1, 0.15) is 71.7 Å². The monoisotopic (exact) mass is 509 g/mol. The highest BCUT2D eigenvalue weighted by Gasteiger charge is 2.46. The average Bonchev–Trinajstić information content (AvgIpc) is 3.35. The van der Waals surface area contributed by atoms with Crippen LogP contribution in [-0.2, 0) is 15.7 Å². The first kappa shape index (κ1) is 27.7. The molecule has 1 amide bonds. The number of benzene rings is 1. The largest absolute Gasteiger partial charge is 0.444 e. The lowest BCUT2D eigenvalue weighted by molar-refractivity contribution is -0.137. The maximum Gasteiger partial charge on any atom is 0.417 e. The topological polar surface area (TPSA) is 104 Å². The van der Waals surface area contributed by atoms with Crippen LogP contribution < -0.4 is 5.32 Å². The minimum atomic E-state index is -4.54. The molecule has 1 aliphatic rings. The van der Waals surface area contributed by atoms with Crippen LogP contribution in [-0.4, -0.2) is 44.7 Å². The summed E-state index contributed by atoms with van der Waals surface area (Å²) in [5.41, 5.74) is -2.09. The van der Waals surface area contributed by atoms with Crippen molar-refractivity contribution >= 4 is 11.9 Å². The van der Waals surface area contributed by atoms with Gasteiger partial charge in [-0.3, -0.25) is 4.79 Å². The van der Waals surface area contributed by atoms with Gasteiger partial charge in [-0.05, 0) is 45.1 Å². The predicted octanol–water partition coefficient (Wildman–Crippen LogP) is 5.46. The van der Waals surface area contributed by atoms with Crippen molar-refractivity contribution in [2.24, 2.45) is 11.3 Å². The number of halogens is 3. The van der Waals surface area contributed by atoms with E-state index in [0.717, 1.165) is 6.07 Å². The zero-order valence-electron chi connectivity index (χ0n) is 21.4. The minimum absolute atomic E-state index is 0.0515. The van der Waals surface area contributed by atoms with Crippen LogP contribution in [0.15, 0.2) is 30.5 Å². The molecule has 198 valence electrons. The molecule has 2 aromatic rings. The standard InChI is InChI=1S/C26H34F3N3O4/c1-24(2,3)21(32-23(35)36-25(4,5)6)20(34)16-11-14(33)12-17(16)22-30-13-19(31-22)15-9-7-8-10-18(15)26(27,28)29/h7-10,13-14,16-17,21,33H,11-12H2,1-6H3,(H,30,31)(H,32,35)/t14-,16?,17+,21+/m0/s1. The van der Waals surface area contributed by atoms with E-state index in [1.54, 1.807) is 20.8 Å². The molecular weight excluding hydrogens is 475 g/mol. The number of carbonyl (C=O) groups is 2. The molecule has 36 heavy (non-hydrogen) atoms. The number of nitrogens with zero attached hydrogens (tertiary/aromatic N) is 1. The number of carbonyl (C=O) groups excluding carboxylic acids is 2. The van der Waals surface area contributed by atoms with Crippen LogP contribution in [0.2, 0.25) is 0 Å². The summed E-state index contributed by atoms with van der Waals surface area (Å²) in [6.07, 6.45) is -4.38. The fourth-order valence-corrected chi connectivity index (χ4v) is 4.61. The van der Waals surface area contributed by atoms with Gasteiger partial charge in [-0.1, -0.05) is 39.0 Å². The molecule has 10 heteroatoms. The van der Waals surface area contributed by atoms with Gasteiger partial charge in [0.25, 0.3) is 0 Å². The molecule has 1 aromatic carbocycles. The lowest BCUT2D eigenvalue weighted by atomic mass is 9.77. The second-order valence-corrected chi connectivity index (χ2v) is 11.4. The maximum absolute atomic E-state index is 13.7. The van der Waals surface area contributed by atoms with Crippen molar-refractivity contribution in [1.82, 2.24) is 15.3 Å². The Labute approximate surface area is 208 Å². The van der Waals surface area contributed by atoms with Gasteiger partial charge < -0.3 is 20.1 Å². The Morgan fingerprint density at radius 3 is 2.33 bits per heavy atom. The number of alkyl halides is 3. The van der Waals surface area contributed by atoms with Gasteiger partial charge in [0.1, 0.15) is 11.4 Å². The van der Waals surface area contributed by atoms with E-state index >= 15 is 0 Å². The fraction of sp³-hybridized carbons (Fsp3) is 0.577. The Bertz CT molecular complexity index is 1100. The minimum Gasteiger partial charge on any atom is -0.444 e. The summed E-state index contributed by atoms with van der Waals surface area (Å²) in [7, 11) is 0. The number of hydrogen-bond acceptors (Lipinski definition) is 5. The number of aromatic amines is 1. The Balaban J connectivity index is 1.90. The summed E-state index contributed by atoms with van der Waals surface area (Å²) < 4.78 is 45.9. The normalized spacial score (nSPS) is 21.8. The molecule has 0 aliphatic heterocycles. The molecule has 1 fully saturated rings. The van der Waals surface area contributed by atoms with Crippen molar-refractivity contribution in [3.63, 3.8) is 0 Å². The smallest absolute Gasteiger partial charge is 0.417 e. The van der Waals surface area contributed by atoms with Gasteiger partial charge in [-0.15, -0.1) is 0 Å². The molecule has 1 aromatic heterocycles. The van der Waals surface area contributed by atoms with Crippen LogP contribution in [0.25, 0.3) is 11.3 Å². The number of aliphatic hydroxyl groups excluding tert-OH is 1. The Morgan fingerprint density at radius 1 is 1.11 bits per heavy atom. The van der Waals surface area contributed by atoms with Crippen LogP contribution in [0.4, 0.5) is 18.0 Å². The fourth-order valence-electron chi connectivity index (χ4n) is 4.61. The third kappa shape index (κ3) is 6.46. The number of Topliss-reactive ketones (excluding diaryl/α,β-unsaturated/α-hetero) is 1. The molecule has 1 unspecified atom stereocenters. The predicted molar refractivity (Wildman–Crippen MR) is 128 cm³/mol. The first-order valence-electron chi connectivity index (χ1n) is 11.9. The zero-order chi connectivity index (χ0) is 27.1. The van der Waals surface area contributed by atoms with E-state index in [9.17, 15) is 27.9 Å². The summed E-state index contributed by atoms with van der Waals surface area (Å²) >= 11 is 0. The zero-order valence-corrected chi connectivity index (χ0v) is 21.4. The Morgan fingerprint density at radius 2 is 1.75 bits per heavy atom. The number of imidazole rings is 1. The van der Waals surface area contributed by atoms with Gasteiger partial charge in [0.05, 0.1) is 29.6 Å². The molecule has 0 bridgehead atoms. The Hall–Kier alpha value is -2.88. The molecule has 3 rings (SSSR count). The number of alkyl carbamates (subject to hydrolysis) is 1. The van der Waals surface area contributed by atoms with Crippen molar-refractivity contribution in [3.8, 4) is 11.3 Å². The van der Waals surface area contributed by atoms with Gasteiger partial charge in [0.15, 0.2) is 5.78 Å². The summed E-state index contributed by atoms with van der Waals surface area (Å²) in [6, 6.07) is 4.26. The number of aromatic nitrogens is 2. The summed E-state index contributed by atoms with van der Waals surface area (Å²) in [5, 5.41) is 13.1. The van der Waals surface area contributed by atoms with E-state index in [1.165, 1.54) is 24.4 Å². The highest BCUT2D eigenvalue weighted by molar-refractivity contribution is 5.91. The van der Waals surface area contributed by atoms with E-state index in [4.69, 9.17) is 4.74 Å². The van der Waals surface area contributed by atoms with E-state index in [1.807, 2.05) is 20.8 Å².